The lowest BCUT2D eigenvalue weighted by atomic mass is 10.0. The summed E-state index contributed by atoms with van der Waals surface area (Å²) in [5.74, 6) is -0.785. The lowest BCUT2D eigenvalue weighted by molar-refractivity contribution is -0.137. The molecule has 2 heterocycles. The van der Waals surface area contributed by atoms with E-state index in [0.29, 0.717) is 16.6 Å². The third kappa shape index (κ3) is 3.65. The molecule has 0 saturated heterocycles. The molecule has 2 aromatic heterocycles. The van der Waals surface area contributed by atoms with Crippen LogP contribution in [0.4, 0.5) is 17.6 Å². The van der Waals surface area contributed by atoms with Crippen molar-refractivity contribution in [1.29, 1.82) is 0 Å². The number of nitrogens with zero attached hydrogens (tertiary/aromatic N) is 1. The third-order valence-corrected chi connectivity index (χ3v) is 6.03. The summed E-state index contributed by atoms with van der Waals surface area (Å²) in [5, 5.41) is 3.65. The van der Waals surface area contributed by atoms with E-state index in [2.05, 4.69) is 15.3 Å². The highest BCUT2D eigenvalue weighted by atomic mass is 32.1. The summed E-state index contributed by atoms with van der Waals surface area (Å²) in [6, 6.07) is 6.36. The Kier molecular flexibility index (Phi) is 5.01. The summed E-state index contributed by atoms with van der Waals surface area (Å²) in [7, 11) is 0. The molecule has 0 fully saturated rings. The highest BCUT2D eigenvalue weighted by Crippen LogP contribution is 2.33. The monoisotopic (exact) mass is 435 g/mol. The summed E-state index contributed by atoms with van der Waals surface area (Å²) < 4.78 is 53.1. The van der Waals surface area contributed by atoms with E-state index in [1.807, 2.05) is 13.8 Å². The smallest absolute Gasteiger partial charge is 0.356 e. The number of carbonyl (C=O) groups is 1. The molecule has 9 heteroatoms. The average Bonchev–Trinajstić information content (AvgIpc) is 3.25. The van der Waals surface area contributed by atoms with Crippen LogP contribution >= 0.6 is 11.3 Å². The topological polar surface area (TPSA) is 57.8 Å². The summed E-state index contributed by atoms with van der Waals surface area (Å²) in [6.07, 6.45) is -3.99. The number of fused-ring (bicyclic) bond motifs is 2. The van der Waals surface area contributed by atoms with Crippen LogP contribution in [0.15, 0.2) is 30.3 Å². The molecule has 2 N–H and O–H groups in total. The number of aryl methyl sites for hydroxylation is 2. The Bertz CT molecular complexity index is 1270. The fourth-order valence-corrected chi connectivity index (χ4v) is 4.40. The number of hydrogen-bond donors (Lipinski definition) is 2. The molecule has 156 valence electrons. The van der Waals surface area contributed by atoms with Gasteiger partial charge in [-0.1, -0.05) is 6.07 Å². The maximum atomic E-state index is 14.1. The molecule has 1 amide bonds. The Hall–Kier alpha value is -2.94. The van der Waals surface area contributed by atoms with Crippen LogP contribution in [0.5, 0.6) is 0 Å². The predicted octanol–water partition coefficient (Wildman–Crippen LogP) is 5.52. The summed E-state index contributed by atoms with van der Waals surface area (Å²) >= 11 is 1.04. The maximum Gasteiger partial charge on any atom is 0.416 e. The van der Waals surface area contributed by atoms with Gasteiger partial charge in [0, 0.05) is 17.6 Å². The van der Waals surface area contributed by atoms with Gasteiger partial charge in [-0.05, 0) is 55.7 Å². The molecule has 4 aromatic rings. The fraction of sp³-hybridized carbons (Fsp3) is 0.238. The maximum absolute atomic E-state index is 14.1. The van der Waals surface area contributed by atoms with Gasteiger partial charge in [0.1, 0.15) is 5.82 Å². The SMILES string of the molecule is Cc1[nH]c2c(F)ccc(C)c2c1CCNC(=O)c1nc2cc(C(F)(F)F)ccc2s1. The van der Waals surface area contributed by atoms with Crippen molar-refractivity contribution in [2.24, 2.45) is 0 Å². The number of amides is 1. The van der Waals surface area contributed by atoms with Crippen LogP contribution in [-0.4, -0.2) is 22.4 Å². The molecule has 0 aliphatic heterocycles. The van der Waals surface area contributed by atoms with E-state index in [1.54, 1.807) is 6.07 Å². The van der Waals surface area contributed by atoms with Crippen molar-refractivity contribution in [3.63, 3.8) is 0 Å². The van der Waals surface area contributed by atoms with Crippen molar-refractivity contribution in [1.82, 2.24) is 15.3 Å². The van der Waals surface area contributed by atoms with Crippen molar-refractivity contribution in [3.05, 3.63) is 63.5 Å². The molecule has 0 saturated carbocycles. The van der Waals surface area contributed by atoms with Crippen LogP contribution in [0.25, 0.3) is 21.1 Å². The molecule has 30 heavy (non-hydrogen) atoms. The van der Waals surface area contributed by atoms with E-state index < -0.39 is 17.6 Å². The fourth-order valence-electron chi connectivity index (χ4n) is 3.53. The van der Waals surface area contributed by atoms with Gasteiger partial charge in [0.25, 0.3) is 5.91 Å². The Balaban J connectivity index is 1.50. The van der Waals surface area contributed by atoms with Crippen LogP contribution < -0.4 is 5.32 Å². The van der Waals surface area contributed by atoms with Crippen molar-refractivity contribution in [3.8, 4) is 0 Å². The first-order valence-corrected chi connectivity index (χ1v) is 9.99. The number of thiazole rings is 1. The standard InChI is InChI=1S/C21H17F4N3OS/c1-10-3-5-14(22)18-17(10)13(11(2)27-18)7-8-26-19(29)20-28-15-9-12(21(23,24)25)4-6-16(15)30-20/h3-6,9,27H,7-8H2,1-2H3,(H,26,29). The second-order valence-electron chi connectivity index (χ2n) is 7.05. The molecule has 0 aliphatic carbocycles. The highest BCUT2D eigenvalue weighted by Gasteiger charge is 2.31. The van der Waals surface area contributed by atoms with Gasteiger partial charge in [0.15, 0.2) is 5.01 Å². The molecule has 0 atom stereocenters. The molecule has 0 bridgehead atoms. The van der Waals surface area contributed by atoms with Crippen LogP contribution in [0.3, 0.4) is 0 Å². The molecule has 2 aromatic carbocycles. The molecule has 4 rings (SSSR count). The van der Waals surface area contributed by atoms with E-state index >= 15 is 0 Å². The second-order valence-corrected chi connectivity index (χ2v) is 8.08. The number of benzene rings is 2. The van der Waals surface area contributed by atoms with Gasteiger partial charge < -0.3 is 10.3 Å². The average molecular weight is 435 g/mol. The van der Waals surface area contributed by atoms with Crippen molar-refractivity contribution < 1.29 is 22.4 Å². The Morgan fingerprint density at radius 2 is 1.97 bits per heavy atom. The third-order valence-electron chi connectivity index (χ3n) is 5.00. The summed E-state index contributed by atoms with van der Waals surface area (Å²) in [6.45, 7) is 4.03. The first-order valence-electron chi connectivity index (χ1n) is 9.17. The molecular weight excluding hydrogens is 418 g/mol. The van der Waals surface area contributed by atoms with E-state index in [-0.39, 0.29) is 22.9 Å². The number of aromatic amines is 1. The molecule has 0 unspecified atom stereocenters. The first kappa shape index (κ1) is 20.3. The minimum Gasteiger partial charge on any atom is -0.356 e. The zero-order valence-electron chi connectivity index (χ0n) is 16.1. The largest absolute Gasteiger partial charge is 0.416 e. The number of H-pyrrole nitrogens is 1. The predicted molar refractivity (Wildman–Crippen MR) is 108 cm³/mol. The highest BCUT2D eigenvalue weighted by molar-refractivity contribution is 7.20. The minimum absolute atomic E-state index is 0.0993. The summed E-state index contributed by atoms with van der Waals surface area (Å²) in [5.41, 5.74) is 2.46. The van der Waals surface area contributed by atoms with Gasteiger partial charge in [-0.15, -0.1) is 11.3 Å². The quantitative estimate of drug-likeness (QED) is 0.415. The van der Waals surface area contributed by atoms with Gasteiger partial charge in [0.05, 0.1) is 21.3 Å². The van der Waals surface area contributed by atoms with Gasteiger partial charge in [0.2, 0.25) is 0 Å². The number of carbonyl (C=O) groups excluding carboxylic acids is 1. The number of aromatic nitrogens is 2. The number of nitrogens with one attached hydrogen (secondary N) is 2. The van der Waals surface area contributed by atoms with Crippen LogP contribution in [-0.2, 0) is 12.6 Å². The first-order chi connectivity index (χ1) is 14.1. The van der Waals surface area contributed by atoms with Gasteiger partial charge in [-0.2, -0.15) is 13.2 Å². The molecule has 0 spiro atoms. The normalized spacial score (nSPS) is 12.1. The number of rotatable bonds is 4. The second kappa shape index (κ2) is 7.39. The molecule has 0 radical (unpaired) electrons. The molecule has 4 nitrogen and oxygen atoms in total. The summed E-state index contributed by atoms with van der Waals surface area (Å²) in [4.78, 5) is 19.5. The molecule has 0 aliphatic rings. The zero-order valence-corrected chi connectivity index (χ0v) is 16.9. The lowest BCUT2D eigenvalue weighted by Crippen LogP contribution is -2.25. The van der Waals surface area contributed by atoms with Crippen molar-refractivity contribution in [2.75, 3.05) is 6.54 Å². The van der Waals surface area contributed by atoms with E-state index in [1.165, 1.54) is 12.1 Å². The number of hydrogen-bond acceptors (Lipinski definition) is 3. The Morgan fingerprint density at radius 3 is 2.70 bits per heavy atom. The van der Waals surface area contributed by atoms with Gasteiger partial charge in [-0.3, -0.25) is 4.79 Å². The number of alkyl halides is 3. The Morgan fingerprint density at radius 1 is 1.20 bits per heavy atom. The van der Waals surface area contributed by atoms with Crippen molar-refractivity contribution >= 4 is 38.4 Å². The van der Waals surface area contributed by atoms with E-state index in [0.717, 1.165) is 45.7 Å². The Labute approximate surface area is 172 Å². The van der Waals surface area contributed by atoms with Crippen LogP contribution in [0.1, 0.15) is 32.2 Å². The van der Waals surface area contributed by atoms with Gasteiger partial charge >= 0.3 is 6.18 Å². The molecular formula is C21H17F4N3OS. The minimum atomic E-state index is -4.46. The van der Waals surface area contributed by atoms with E-state index in [9.17, 15) is 22.4 Å². The van der Waals surface area contributed by atoms with Crippen LogP contribution in [0.2, 0.25) is 0 Å². The van der Waals surface area contributed by atoms with Crippen molar-refractivity contribution in [2.45, 2.75) is 26.4 Å². The number of halogens is 4. The van der Waals surface area contributed by atoms with E-state index in [4.69, 9.17) is 0 Å². The van der Waals surface area contributed by atoms with Gasteiger partial charge in [-0.25, -0.2) is 9.37 Å². The van der Waals surface area contributed by atoms with Crippen LogP contribution in [0, 0.1) is 19.7 Å². The zero-order chi connectivity index (χ0) is 21.6. The lowest BCUT2D eigenvalue weighted by Gasteiger charge is -2.05.